The van der Waals surface area contributed by atoms with E-state index in [9.17, 15) is 4.79 Å². The average Bonchev–Trinajstić information content (AvgIpc) is 2.65. The van der Waals surface area contributed by atoms with Gasteiger partial charge in [0.15, 0.2) is 0 Å². The van der Waals surface area contributed by atoms with Crippen molar-refractivity contribution in [1.29, 1.82) is 0 Å². The maximum atomic E-state index is 12.2. The van der Waals surface area contributed by atoms with Crippen LogP contribution in [0.2, 0.25) is 5.02 Å². The Morgan fingerprint density at radius 1 is 0.920 bits per heavy atom. The lowest BCUT2D eigenvalue weighted by atomic mass is 10.1. The molecule has 0 aromatic heterocycles. The van der Waals surface area contributed by atoms with Gasteiger partial charge in [-0.05, 0) is 60.0 Å². The lowest BCUT2D eigenvalue weighted by molar-refractivity contribution is 0.0952. The minimum atomic E-state index is -0.0376. The second-order valence-electron chi connectivity index (χ2n) is 5.83. The van der Waals surface area contributed by atoms with Gasteiger partial charge in [-0.3, -0.25) is 4.79 Å². The number of fused-ring (bicyclic) bond motifs is 1. The zero-order chi connectivity index (χ0) is 17.5. The summed E-state index contributed by atoms with van der Waals surface area (Å²) in [6, 6.07) is 21.1. The Kier molecular flexibility index (Phi) is 5.91. The summed E-state index contributed by atoms with van der Waals surface area (Å²) in [7, 11) is 0. The highest BCUT2D eigenvalue weighted by Crippen LogP contribution is 2.16. The van der Waals surface area contributed by atoms with Crippen molar-refractivity contribution in [3.8, 4) is 5.75 Å². The van der Waals surface area contributed by atoms with Crippen LogP contribution in [0.3, 0.4) is 0 Å². The molecule has 3 aromatic rings. The molecule has 4 heteroatoms. The van der Waals surface area contributed by atoms with Crippen molar-refractivity contribution in [2.45, 2.75) is 12.8 Å². The SMILES string of the molecule is O=C(NCCCCOc1ccc(Cl)cc1)c1ccc2ccccc2c1. The first-order valence-electron chi connectivity index (χ1n) is 8.38. The monoisotopic (exact) mass is 353 g/mol. The second-order valence-corrected chi connectivity index (χ2v) is 6.26. The lowest BCUT2D eigenvalue weighted by Crippen LogP contribution is -2.24. The Labute approximate surface area is 152 Å². The van der Waals surface area contributed by atoms with Gasteiger partial charge in [-0.2, -0.15) is 0 Å². The van der Waals surface area contributed by atoms with E-state index >= 15 is 0 Å². The van der Waals surface area contributed by atoms with Crippen LogP contribution < -0.4 is 10.1 Å². The minimum absolute atomic E-state index is 0.0376. The molecule has 0 heterocycles. The molecule has 3 nitrogen and oxygen atoms in total. The summed E-state index contributed by atoms with van der Waals surface area (Å²) >= 11 is 5.83. The van der Waals surface area contributed by atoms with Crippen LogP contribution in [-0.2, 0) is 0 Å². The maximum Gasteiger partial charge on any atom is 0.251 e. The zero-order valence-corrected chi connectivity index (χ0v) is 14.6. The quantitative estimate of drug-likeness (QED) is 0.601. The molecule has 0 saturated heterocycles. The molecular formula is C21H20ClNO2. The summed E-state index contributed by atoms with van der Waals surface area (Å²) in [5.41, 5.74) is 0.691. The fourth-order valence-electron chi connectivity index (χ4n) is 2.58. The topological polar surface area (TPSA) is 38.3 Å². The molecule has 128 valence electrons. The highest BCUT2D eigenvalue weighted by Gasteiger charge is 2.05. The van der Waals surface area contributed by atoms with E-state index in [1.807, 2.05) is 54.6 Å². The number of halogens is 1. The van der Waals surface area contributed by atoms with Gasteiger partial charge in [0.1, 0.15) is 5.75 Å². The van der Waals surface area contributed by atoms with E-state index in [4.69, 9.17) is 16.3 Å². The first kappa shape index (κ1) is 17.3. The Bertz CT molecular complexity index is 846. The number of amides is 1. The summed E-state index contributed by atoms with van der Waals surface area (Å²) in [5, 5.41) is 5.87. The fourth-order valence-corrected chi connectivity index (χ4v) is 2.71. The number of ether oxygens (including phenoxy) is 1. The van der Waals surface area contributed by atoms with Gasteiger partial charge in [0.05, 0.1) is 6.61 Å². The Morgan fingerprint density at radius 2 is 1.68 bits per heavy atom. The summed E-state index contributed by atoms with van der Waals surface area (Å²) in [6.07, 6.45) is 1.74. The van der Waals surface area contributed by atoms with Gasteiger partial charge in [0.2, 0.25) is 0 Å². The molecule has 0 aliphatic rings. The van der Waals surface area contributed by atoms with Gasteiger partial charge >= 0.3 is 0 Å². The normalized spacial score (nSPS) is 10.6. The molecule has 0 bridgehead atoms. The van der Waals surface area contributed by atoms with E-state index in [1.165, 1.54) is 0 Å². The molecule has 0 radical (unpaired) electrons. The van der Waals surface area contributed by atoms with Crippen LogP contribution in [0.25, 0.3) is 10.8 Å². The largest absolute Gasteiger partial charge is 0.494 e. The molecule has 0 aliphatic carbocycles. The molecule has 25 heavy (non-hydrogen) atoms. The van der Waals surface area contributed by atoms with Gasteiger partial charge in [0, 0.05) is 17.1 Å². The van der Waals surface area contributed by atoms with Crippen LogP contribution in [0.1, 0.15) is 23.2 Å². The third-order valence-electron chi connectivity index (χ3n) is 3.95. The Balaban J connectivity index is 1.39. The number of carbonyl (C=O) groups excluding carboxylic acids is 1. The minimum Gasteiger partial charge on any atom is -0.494 e. The van der Waals surface area contributed by atoms with Gasteiger partial charge in [0.25, 0.3) is 5.91 Å². The van der Waals surface area contributed by atoms with Crippen LogP contribution >= 0.6 is 11.6 Å². The van der Waals surface area contributed by atoms with Crippen LogP contribution in [0, 0.1) is 0 Å². The first-order valence-corrected chi connectivity index (χ1v) is 8.75. The average molecular weight is 354 g/mol. The van der Waals surface area contributed by atoms with Crippen LogP contribution in [-0.4, -0.2) is 19.1 Å². The van der Waals surface area contributed by atoms with E-state index in [-0.39, 0.29) is 5.91 Å². The highest BCUT2D eigenvalue weighted by molar-refractivity contribution is 6.30. The van der Waals surface area contributed by atoms with Gasteiger partial charge in [-0.25, -0.2) is 0 Å². The molecule has 3 aromatic carbocycles. The number of hydrogen-bond donors (Lipinski definition) is 1. The van der Waals surface area contributed by atoms with Crippen molar-refractivity contribution < 1.29 is 9.53 Å². The summed E-state index contributed by atoms with van der Waals surface area (Å²) in [5.74, 6) is 0.772. The summed E-state index contributed by atoms with van der Waals surface area (Å²) in [6.45, 7) is 1.25. The van der Waals surface area contributed by atoms with E-state index in [1.54, 1.807) is 12.1 Å². The number of carbonyl (C=O) groups is 1. The van der Waals surface area contributed by atoms with Crippen molar-refractivity contribution >= 4 is 28.3 Å². The molecule has 0 saturated carbocycles. The van der Waals surface area contributed by atoms with E-state index in [0.717, 1.165) is 29.4 Å². The van der Waals surface area contributed by atoms with E-state index < -0.39 is 0 Å². The molecule has 0 spiro atoms. The Morgan fingerprint density at radius 3 is 2.48 bits per heavy atom. The maximum absolute atomic E-state index is 12.2. The molecular weight excluding hydrogens is 334 g/mol. The van der Waals surface area contributed by atoms with Crippen molar-refractivity contribution in [1.82, 2.24) is 5.32 Å². The molecule has 1 amide bonds. The molecule has 1 N–H and O–H groups in total. The van der Waals surface area contributed by atoms with Crippen molar-refractivity contribution in [2.75, 3.05) is 13.2 Å². The molecule has 0 aliphatic heterocycles. The predicted octanol–water partition coefficient (Wildman–Crippen LogP) is 5.08. The van der Waals surface area contributed by atoms with Gasteiger partial charge in [-0.1, -0.05) is 41.9 Å². The standard InChI is InChI=1S/C21H20ClNO2/c22-19-9-11-20(12-10-19)25-14-4-3-13-23-21(24)18-8-7-16-5-1-2-6-17(16)15-18/h1-2,5-12,15H,3-4,13-14H2,(H,23,24). The molecule has 0 atom stereocenters. The Hall–Kier alpha value is -2.52. The third kappa shape index (κ3) is 4.97. The van der Waals surface area contributed by atoms with Crippen molar-refractivity contribution in [3.05, 3.63) is 77.3 Å². The number of hydrogen-bond acceptors (Lipinski definition) is 2. The number of nitrogens with one attached hydrogen (secondary N) is 1. The zero-order valence-electron chi connectivity index (χ0n) is 13.9. The number of rotatable bonds is 7. The van der Waals surface area contributed by atoms with Crippen LogP contribution in [0.4, 0.5) is 0 Å². The van der Waals surface area contributed by atoms with Gasteiger partial charge in [-0.15, -0.1) is 0 Å². The first-order chi connectivity index (χ1) is 12.2. The van der Waals surface area contributed by atoms with Crippen LogP contribution in [0.15, 0.2) is 66.7 Å². The second kappa shape index (κ2) is 8.54. The van der Waals surface area contributed by atoms with Crippen LogP contribution in [0.5, 0.6) is 5.75 Å². The fraction of sp³-hybridized carbons (Fsp3) is 0.190. The smallest absolute Gasteiger partial charge is 0.251 e. The summed E-state index contributed by atoms with van der Waals surface area (Å²) in [4.78, 5) is 12.2. The molecule has 0 fully saturated rings. The highest BCUT2D eigenvalue weighted by atomic mass is 35.5. The molecule has 0 unspecified atom stereocenters. The van der Waals surface area contributed by atoms with Gasteiger partial charge < -0.3 is 10.1 Å². The van der Waals surface area contributed by atoms with Crippen molar-refractivity contribution in [2.24, 2.45) is 0 Å². The third-order valence-corrected chi connectivity index (χ3v) is 4.20. The molecule has 3 rings (SSSR count). The van der Waals surface area contributed by atoms with E-state index in [2.05, 4.69) is 5.32 Å². The number of unbranched alkanes of at least 4 members (excludes halogenated alkanes) is 1. The summed E-state index contributed by atoms with van der Waals surface area (Å²) < 4.78 is 5.63. The van der Waals surface area contributed by atoms with E-state index in [0.29, 0.717) is 23.7 Å². The lowest BCUT2D eigenvalue weighted by Gasteiger charge is -2.08. The predicted molar refractivity (Wildman–Crippen MR) is 102 cm³/mol. The number of benzene rings is 3. The van der Waals surface area contributed by atoms with Crippen molar-refractivity contribution in [3.63, 3.8) is 0 Å².